The molecule has 7 heteroatoms. The van der Waals surface area contributed by atoms with Gasteiger partial charge < -0.3 is 14.2 Å². The zero-order valence-corrected chi connectivity index (χ0v) is 20.7. The molecule has 0 atom stereocenters. The van der Waals surface area contributed by atoms with Gasteiger partial charge in [0.2, 0.25) is 11.7 Å². The summed E-state index contributed by atoms with van der Waals surface area (Å²) in [6.07, 6.45) is 5.47. The predicted octanol–water partition coefficient (Wildman–Crippen LogP) is 5.57. The Hall–Kier alpha value is -3.66. The monoisotopic (exact) mass is 472 g/mol. The number of ether oxygens (including phenoxy) is 1. The maximum absolute atomic E-state index is 12.6. The fourth-order valence-electron chi connectivity index (χ4n) is 4.36. The average Bonchev–Trinajstić information content (AvgIpc) is 3.25. The maximum Gasteiger partial charge on any atom is 0.258 e. The molecule has 0 aliphatic carbocycles. The number of unbranched alkanes of at least 4 members (excludes halogenated alkanes) is 2. The third-order valence-corrected chi connectivity index (χ3v) is 6.25. The van der Waals surface area contributed by atoms with Gasteiger partial charge in [-0.25, -0.2) is 0 Å². The van der Waals surface area contributed by atoms with Crippen molar-refractivity contribution in [3.63, 3.8) is 0 Å². The molecule has 1 aliphatic rings. The largest absolute Gasteiger partial charge is 0.490 e. The first-order chi connectivity index (χ1) is 17.0. The molecule has 1 amide bonds. The first kappa shape index (κ1) is 24.5. The van der Waals surface area contributed by atoms with Gasteiger partial charge in [-0.15, -0.1) is 0 Å². The van der Waals surface area contributed by atoms with Crippen LogP contribution in [0.5, 0.6) is 5.75 Å². The average molecular weight is 473 g/mol. The van der Waals surface area contributed by atoms with Crippen molar-refractivity contribution >= 4 is 5.91 Å². The molecule has 2 heterocycles. The van der Waals surface area contributed by atoms with E-state index in [1.807, 2.05) is 30.9 Å². The molecule has 182 valence electrons. The molecule has 35 heavy (non-hydrogen) atoms. The molecular formula is C28H32N4O3. The highest BCUT2D eigenvalue weighted by atomic mass is 16.5. The minimum absolute atomic E-state index is 0.0255. The van der Waals surface area contributed by atoms with Crippen molar-refractivity contribution in [2.45, 2.75) is 65.4 Å². The summed E-state index contributed by atoms with van der Waals surface area (Å²) in [6, 6.07) is 13.7. The molecule has 4 rings (SSSR count). The van der Waals surface area contributed by atoms with Gasteiger partial charge in [0, 0.05) is 30.6 Å². The quantitative estimate of drug-likeness (QED) is 0.398. The van der Waals surface area contributed by atoms with Crippen molar-refractivity contribution in [1.82, 2.24) is 15.0 Å². The number of hydrogen-bond acceptors (Lipinski definition) is 6. The number of carbonyl (C=O) groups excluding carboxylic acids is 1. The van der Waals surface area contributed by atoms with Gasteiger partial charge in [0.15, 0.2) is 0 Å². The zero-order valence-electron chi connectivity index (χ0n) is 20.7. The SMILES string of the molecule is CCCCCC(=O)N1CCc2ccc(-c3noc(-c4ccc(OC(C)C)c(C#N)c4)n3)cc2CC1. The van der Waals surface area contributed by atoms with E-state index in [1.54, 1.807) is 12.1 Å². The van der Waals surface area contributed by atoms with Crippen LogP contribution in [-0.2, 0) is 17.6 Å². The standard InChI is InChI=1S/C28H32N4O3/c1-4-5-6-7-26(33)32-14-12-20-8-9-22(16-21(20)13-15-32)27-30-28(35-31-27)23-10-11-25(34-19(2)3)24(17-23)18-29/h8-11,16-17,19H,4-7,12-15H2,1-3H3. The summed E-state index contributed by atoms with van der Waals surface area (Å²) in [4.78, 5) is 19.2. The van der Waals surface area contributed by atoms with Gasteiger partial charge in [-0.2, -0.15) is 10.2 Å². The van der Waals surface area contributed by atoms with Crippen molar-refractivity contribution in [1.29, 1.82) is 5.26 Å². The van der Waals surface area contributed by atoms with Crippen LogP contribution in [0.2, 0.25) is 0 Å². The van der Waals surface area contributed by atoms with E-state index in [1.165, 1.54) is 11.1 Å². The molecule has 2 aromatic carbocycles. The van der Waals surface area contributed by atoms with Crippen LogP contribution in [0.15, 0.2) is 40.9 Å². The van der Waals surface area contributed by atoms with Crippen LogP contribution >= 0.6 is 0 Å². The van der Waals surface area contributed by atoms with E-state index in [2.05, 4.69) is 35.3 Å². The normalized spacial score (nSPS) is 13.3. The van der Waals surface area contributed by atoms with E-state index < -0.39 is 0 Å². The number of benzene rings is 2. The van der Waals surface area contributed by atoms with E-state index in [4.69, 9.17) is 9.26 Å². The van der Waals surface area contributed by atoms with Crippen LogP contribution in [0, 0.1) is 11.3 Å². The summed E-state index contributed by atoms with van der Waals surface area (Å²) in [6.45, 7) is 7.49. The Balaban J connectivity index is 1.49. The van der Waals surface area contributed by atoms with Gasteiger partial charge in [0.25, 0.3) is 5.89 Å². The Morgan fingerprint density at radius 1 is 1.11 bits per heavy atom. The number of nitrogens with zero attached hydrogens (tertiary/aromatic N) is 4. The van der Waals surface area contributed by atoms with Gasteiger partial charge in [0.1, 0.15) is 11.8 Å². The number of fused-ring (bicyclic) bond motifs is 1. The zero-order chi connectivity index (χ0) is 24.8. The topological polar surface area (TPSA) is 92.3 Å². The second kappa shape index (κ2) is 11.2. The summed E-state index contributed by atoms with van der Waals surface area (Å²) < 4.78 is 11.2. The number of aromatic nitrogens is 2. The summed E-state index contributed by atoms with van der Waals surface area (Å²) in [5.41, 5.74) is 4.46. The van der Waals surface area contributed by atoms with Gasteiger partial charge >= 0.3 is 0 Å². The molecule has 3 aromatic rings. The van der Waals surface area contributed by atoms with E-state index in [0.29, 0.717) is 35.0 Å². The van der Waals surface area contributed by atoms with E-state index in [-0.39, 0.29) is 12.0 Å². The number of amides is 1. The molecule has 0 bridgehead atoms. The predicted molar refractivity (Wildman–Crippen MR) is 134 cm³/mol. The van der Waals surface area contributed by atoms with Gasteiger partial charge in [-0.05, 0) is 68.5 Å². The number of rotatable bonds is 8. The molecule has 0 spiro atoms. The van der Waals surface area contributed by atoms with E-state index >= 15 is 0 Å². The lowest BCUT2D eigenvalue weighted by Crippen LogP contribution is -2.33. The van der Waals surface area contributed by atoms with Crippen molar-refractivity contribution in [3.05, 3.63) is 53.1 Å². The highest BCUT2D eigenvalue weighted by Crippen LogP contribution is 2.29. The lowest BCUT2D eigenvalue weighted by atomic mass is 10.00. The van der Waals surface area contributed by atoms with Crippen LogP contribution in [-0.4, -0.2) is 40.1 Å². The van der Waals surface area contributed by atoms with Crippen LogP contribution in [0.25, 0.3) is 22.8 Å². The molecule has 1 aliphatic heterocycles. The molecule has 0 saturated heterocycles. The smallest absolute Gasteiger partial charge is 0.258 e. The lowest BCUT2D eigenvalue weighted by Gasteiger charge is -2.20. The maximum atomic E-state index is 12.6. The van der Waals surface area contributed by atoms with E-state index in [0.717, 1.165) is 50.8 Å². The van der Waals surface area contributed by atoms with Crippen molar-refractivity contribution < 1.29 is 14.1 Å². The molecule has 7 nitrogen and oxygen atoms in total. The third kappa shape index (κ3) is 5.89. The fourth-order valence-corrected chi connectivity index (χ4v) is 4.36. The second-order valence-corrected chi connectivity index (χ2v) is 9.23. The minimum atomic E-state index is -0.0255. The van der Waals surface area contributed by atoms with Crippen LogP contribution in [0.4, 0.5) is 0 Å². The Kier molecular flexibility index (Phi) is 7.81. The summed E-state index contributed by atoms with van der Waals surface area (Å²) >= 11 is 0. The van der Waals surface area contributed by atoms with Crippen molar-refractivity contribution in [2.24, 2.45) is 0 Å². The first-order valence-corrected chi connectivity index (χ1v) is 12.4. The number of hydrogen-bond donors (Lipinski definition) is 0. The van der Waals surface area contributed by atoms with Crippen molar-refractivity contribution in [3.8, 4) is 34.7 Å². The van der Waals surface area contributed by atoms with Gasteiger partial charge in [0.05, 0.1) is 11.7 Å². The Morgan fingerprint density at radius 2 is 1.89 bits per heavy atom. The van der Waals surface area contributed by atoms with E-state index in [9.17, 15) is 10.1 Å². The summed E-state index contributed by atoms with van der Waals surface area (Å²) in [5.74, 6) is 1.65. The highest BCUT2D eigenvalue weighted by Gasteiger charge is 2.20. The second-order valence-electron chi connectivity index (χ2n) is 9.23. The molecular weight excluding hydrogens is 440 g/mol. The molecule has 0 radical (unpaired) electrons. The summed E-state index contributed by atoms with van der Waals surface area (Å²) in [7, 11) is 0. The van der Waals surface area contributed by atoms with Gasteiger partial charge in [-0.1, -0.05) is 37.1 Å². The molecule has 0 N–H and O–H groups in total. The Labute approximate surface area is 206 Å². The molecule has 1 aromatic heterocycles. The summed E-state index contributed by atoms with van der Waals surface area (Å²) in [5, 5.41) is 13.7. The Morgan fingerprint density at radius 3 is 2.63 bits per heavy atom. The molecule has 0 saturated carbocycles. The number of carbonyl (C=O) groups is 1. The first-order valence-electron chi connectivity index (χ1n) is 12.4. The minimum Gasteiger partial charge on any atom is -0.490 e. The fraction of sp³-hybridized carbons (Fsp3) is 0.429. The van der Waals surface area contributed by atoms with Crippen molar-refractivity contribution in [2.75, 3.05) is 13.1 Å². The molecule has 0 unspecified atom stereocenters. The highest BCUT2D eigenvalue weighted by molar-refractivity contribution is 5.76. The van der Waals surface area contributed by atoms with Crippen LogP contribution in [0.3, 0.4) is 0 Å². The Bertz CT molecular complexity index is 1230. The number of nitriles is 1. The van der Waals surface area contributed by atoms with Gasteiger partial charge in [-0.3, -0.25) is 4.79 Å². The van der Waals surface area contributed by atoms with Crippen LogP contribution < -0.4 is 4.74 Å². The molecule has 0 fully saturated rings. The third-order valence-electron chi connectivity index (χ3n) is 6.25. The lowest BCUT2D eigenvalue weighted by molar-refractivity contribution is -0.131. The van der Waals surface area contributed by atoms with Crippen LogP contribution in [0.1, 0.15) is 63.1 Å².